The maximum Gasteiger partial charge on any atom is 0.251 e. The molecule has 146 valence electrons. The number of carbonyl (C=O) groups excluding carboxylic acids is 1. The number of likely N-dealkylation sites (tertiary alicyclic amines) is 1. The summed E-state index contributed by atoms with van der Waals surface area (Å²) in [6.45, 7) is 3.98. The van der Waals surface area contributed by atoms with Gasteiger partial charge in [0.05, 0.1) is 33.4 Å². The van der Waals surface area contributed by atoms with Crippen molar-refractivity contribution in [2.24, 2.45) is 0 Å². The van der Waals surface area contributed by atoms with Crippen LogP contribution in [0.4, 0.5) is 0 Å². The summed E-state index contributed by atoms with van der Waals surface area (Å²) in [5.74, 6) is 1.51. The number of aromatic nitrogens is 4. The highest BCUT2D eigenvalue weighted by Gasteiger charge is 2.25. The second-order valence-corrected chi connectivity index (χ2v) is 6.72. The number of methoxy groups -OCH3 is 2. The molecule has 1 aliphatic heterocycles. The number of nitrogens with one attached hydrogen (secondary N) is 2. The Morgan fingerprint density at radius 1 is 1.33 bits per heavy atom. The van der Waals surface area contributed by atoms with Crippen molar-refractivity contribution in [3.05, 3.63) is 35.7 Å². The maximum atomic E-state index is 12.4. The van der Waals surface area contributed by atoms with Crippen LogP contribution in [0, 0.1) is 0 Å². The molecule has 0 saturated carbocycles. The van der Waals surface area contributed by atoms with Crippen molar-refractivity contribution in [2.45, 2.75) is 32.0 Å². The van der Waals surface area contributed by atoms with Crippen LogP contribution in [0.5, 0.6) is 5.75 Å². The summed E-state index contributed by atoms with van der Waals surface area (Å²) in [5.41, 5.74) is 0.626. The van der Waals surface area contributed by atoms with E-state index in [4.69, 9.17) is 9.47 Å². The number of nitrogens with zero attached hydrogens (tertiary/aromatic N) is 4. The van der Waals surface area contributed by atoms with Gasteiger partial charge in [0.2, 0.25) is 5.82 Å². The van der Waals surface area contributed by atoms with Crippen LogP contribution in [0.2, 0.25) is 0 Å². The van der Waals surface area contributed by atoms with Crippen LogP contribution in [-0.4, -0.2) is 66.1 Å². The Balaban J connectivity index is 1.47. The molecule has 0 aliphatic carbocycles. The number of hydrogen-bond acceptors (Lipinski definition) is 6. The third-order valence-corrected chi connectivity index (χ3v) is 4.88. The quantitative estimate of drug-likeness (QED) is 0.634. The molecular weight excluding hydrogens is 348 g/mol. The molecule has 1 saturated heterocycles. The molecule has 9 nitrogen and oxygen atoms in total. The zero-order valence-electron chi connectivity index (χ0n) is 15.9. The molecule has 0 unspecified atom stereocenters. The molecule has 1 aliphatic rings. The van der Waals surface area contributed by atoms with E-state index in [1.54, 1.807) is 31.0 Å². The predicted octanol–water partition coefficient (Wildman–Crippen LogP) is -0.695. The van der Waals surface area contributed by atoms with Crippen LogP contribution in [0.1, 0.15) is 29.0 Å². The standard InChI is InChI=1S/C18H26N6O3/c1-26-11-10-24-17(20-21-22-24)13-23-8-6-15(7-9-23)19-18(25)14-4-3-5-16(12-14)27-2/h3-5,12,15H,6-11,13H2,1-2H3,(H,19,25)/p+1. The Kier molecular flexibility index (Phi) is 6.72. The molecule has 2 heterocycles. The molecule has 1 fully saturated rings. The lowest BCUT2D eigenvalue weighted by molar-refractivity contribution is -0.919. The molecule has 0 radical (unpaired) electrons. The lowest BCUT2D eigenvalue weighted by Gasteiger charge is -2.29. The van der Waals surface area contributed by atoms with Crippen molar-refractivity contribution >= 4 is 5.91 Å². The van der Waals surface area contributed by atoms with Gasteiger partial charge in [0.15, 0.2) is 0 Å². The third-order valence-electron chi connectivity index (χ3n) is 4.88. The summed E-state index contributed by atoms with van der Waals surface area (Å²) < 4.78 is 12.1. The minimum atomic E-state index is -0.0501. The molecule has 1 amide bonds. The minimum Gasteiger partial charge on any atom is -0.497 e. The number of ether oxygens (including phenoxy) is 2. The van der Waals surface area contributed by atoms with E-state index in [0.717, 1.165) is 38.3 Å². The Labute approximate surface area is 158 Å². The summed E-state index contributed by atoms with van der Waals surface area (Å²) in [7, 11) is 3.26. The summed E-state index contributed by atoms with van der Waals surface area (Å²) in [5, 5.41) is 15.1. The molecule has 9 heteroatoms. The van der Waals surface area contributed by atoms with E-state index in [2.05, 4.69) is 20.8 Å². The van der Waals surface area contributed by atoms with Gasteiger partial charge in [0.1, 0.15) is 12.3 Å². The van der Waals surface area contributed by atoms with E-state index in [-0.39, 0.29) is 11.9 Å². The number of tetrazole rings is 1. The first-order valence-electron chi connectivity index (χ1n) is 9.22. The maximum absolute atomic E-state index is 12.4. The fourth-order valence-electron chi connectivity index (χ4n) is 3.31. The Morgan fingerprint density at radius 3 is 2.89 bits per heavy atom. The number of benzene rings is 1. The average Bonchev–Trinajstić information content (AvgIpc) is 3.14. The Morgan fingerprint density at radius 2 is 2.15 bits per heavy atom. The van der Waals surface area contributed by atoms with Crippen LogP contribution in [0.15, 0.2) is 24.3 Å². The first-order valence-corrected chi connectivity index (χ1v) is 9.22. The number of piperidine rings is 1. The van der Waals surface area contributed by atoms with Gasteiger partial charge >= 0.3 is 0 Å². The normalized spacial score (nSPS) is 19.6. The van der Waals surface area contributed by atoms with Gasteiger partial charge in [0, 0.05) is 31.6 Å². The molecule has 2 N–H and O–H groups in total. The highest BCUT2D eigenvalue weighted by Crippen LogP contribution is 2.13. The van der Waals surface area contributed by atoms with E-state index in [1.807, 2.05) is 12.1 Å². The van der Waals surface area contributed by atoms with Gasteiger partial charge in [-0.3, -0.25) is 4.79 Å². The predicted molar refractivity (Wildman–Crippen MR) is 97.6 cm³/mol. The van der Waals surface area contributed by atoms with E-state index < -0.39 is 0 Å². The van der Waals surface area contributed by atoms with Crippen LogP contribution < -0.4 is 15.0 Å². The summed E-state index contributed by atoms with van der Waals surface area (Å²) in [4.78, 5) is 13.9. The Bertz CT molecular complexity index is 742. The Hall–Kier alpha value is -2.52. The van der Waals surface area contributed by atoms with Crippen molar-refractivity contribution in [3.8, 4) is 5.75 Å². The summed E-state index contributed by atoms with van der Waals surface area (Å²) >= 11 is 0. The first kappa shape index (κ1) is 19.2. The van der Waals surface area contributed by atoms with Crippen LogP contribution in [-0.2, 0) is 17.8 Å². The van der Waals surface area contributed by atoms with E-state index in [0.29, 0.717) is 24.5 Å². The van der Waals surface area contributed by atoms with Gasteiger partial charge in [-0.2, -0.15) is 0 Å². The second kappa shape index (κ2) is 9.43. The second-order valence-electron chi connectivity index (χ2n) is 6.72. The number of rotatable bonds is 8. The van der Waals surface area contributed by atoms with Gasteiger partial charge in [0.25, 0.3) is 5.91 Å². The van der Waals surface area contributed by atoms with Crippen molar-refractivity contribution in [1.29, 1.82) is 0 Å². The SMILES string of the molecule is COCCn1nnnc1C[NH+]1CCC(NC(=O)c2cccc(OC)c2)CC1. The molecule has 1 aromatic carbocycles. The van der Waals surface area contributed by atoms with Gasteiger partial charge in [-0.15, -0.1) is 5.10 Å². The van der Waals surface area contributed by atoms with Gasteiger partial charge in [-0.1, -0.05) is 6.07 Å². The molecule has 0 spiro atoms. The van der Waals surface area contributed by atoms with E-state index >= 15 is 0 Å². The topological polar surface area (TPSA) is 95.6 Å². The fourth-order valence-corrected chi connectivity index (χ4v) is 3.31. The molecule has 3 rings (SSSR count). The zero-order valence-corrected chi connectivity index (χ0v) is 15.9. The average molecular weight is 375 g/mol. The van der Waals surface area contributed by atoms with Crippen LogP contribution in [0.25, 0.3) is 0 Å². The van der Waals surface area contributed by atoms with Crippen LogP contribution >= 0.6 is 0 Å². The molecular formula is C18H27N6O3+. The van der Waals surface area contributed by atoms with E-state index in [1.165, 1.54) is 4.90 Å². The van der Waals surface area contributed by atoms with Crippen molar-refractivity contribution in [2.75, 3.05) is 33.9 Å². The fraction of sp³-hybridized carbons (Fsp3) is 0.556. The molecule has 27 heavy (non-hydrogen) atoms. The molecule has 0 bridgehead atoms. The van der Waals surface area contributed by atoms with Crippen molar-refractivity contribution in [1.82, 2.24) is 25.5 Å². The molecule has 2 aromatic rings. The first-order chi connectivity index (χ1) is 13.2. The number of hydrogen-bond donors (Lipinski definition) is 2. The zero-order chi connectivity index (χ0) is 19.1. The smallest absolute Gasteiger partial charge is 0.251 e. The van der Waals surface area contributed by atoms with Crippen LogP contribution in [0.3, 0.4) is 0 Å². The summed E-state index contributed by atoms with van der Waals surface area (Å²) in [6.07, 6.45) is 1.87. The highest BCUT2D eigenvalue weighted by atomic mass is 16.5. The third kappa shape index (κ3) is 5.24. The number of amides is 1. The lowest BCUT2D eigenvalue weighted by atomic mass is 10.0. The van der Waals surface area contributed by atoms with Crippen molar-refractivity contribution in [3.63, 3.8) is 0 Å². The molecule has 1 aromatic heterocycles. The number of quaternary nitrogens is 1. The largest absolute Gasteiger partial charge is 0.497 e. The molecule has 0 atom stereocenters. The minimum absolute atomic E-state index is 0.0501. The number of carbonyl (C=O) groups is 1. The van der Waals surface area contributed by atoms with Crippen molar-refractivity contribution < 1.29 is 19.2 Å². The van der Waals surface area contributed by atoms with Gasteiger partial charge in [-0.25, -0.2) is 4.68 Å². The summed E-state index contributed by atoms with van der Waals surface area (Å²) in [6, 6.07) is 7.41. The lowest BCUT2D eigenvalue weighted by Crippen LogP contribution is -3.12. The van der Waals surface area contributed by atoms with E-state index in [9.17, 15) is 4.79 Å². The highest BCUT2D eigenvalue weighted by molar-refractivity contribution is 5.94. The van der Waals surface area contributed by atoms with Gasteiger partial charge < -0.3 is 19.7 Å². The van der Waals surface area contributed by atoms with Gasteiger partial charge in [-0.05, 0) is 28.6 Å². The monoisotopic (exact) mass is 375 g/mol.